The van der Waals surface area contributed by atoms with E-state index in [9.17, 15) is 0 Å². The molecule has 0 spiro atoms. The van der Waals surface area contributed by atoms with E-state index in [2.05, 4.69) is 195 Å². The average Bonchev–Trinajstić information content (AvgIpc) is 3.94. The van der Waals surface area contributed by atoms with Crippen LogP contribution in [-0.4, -0.2) is 26.2 Å². The van der Waals surface area contributed by atoms with Gasteiger partial charge in [-0.15, -0.1) is 11.3 Å². The number of benzene rings is 4. The predicted molar refractivity (Wildman–Crippen MR) is 302 cm³/mol. The van der Waals surface area contributed by atoms with E-state index < -0.39 is 0 Å². The van der Waals surface area contributed by atoms with E-state index in [0.29, 0.717) is 5.92 Å². The molecule has 2 atom stereocenters. The van der Waals surface area contributed by atoms with Gasteiger partial charge in [0.1, 0.15) is 22.9 Å². The molecule has 6 nitrogen and oxygen atoms in total. The molecule has 0 radical (unpaired) electrons. The molecule has 0 bridgehead atoms. The molecule has 2 unspecified atom stereocenters. The summed E-state index contributed by atoms with van der Waals surface area (Å²) >= 11 is 1.97. The van der Waals surface area contributed by atoms with Crippen LogP contribution in [0.3, 0.4) is 0 Å². The van der Waals surface area contributed by atoms with Gasteiger partial charge in [-0.1, -0.05) is 132 Å². The SMILES string of the molecule is CC(C)(C)c1ccc(N2c3ccc(C(C)(C)C)cc3B3c4sc5ccc(C(C)(C)C)cc5c4N(c4ccc5c(c4)C4(C)CCCCC4C5(C)C)c4cc(-n5c6ncccc6c6cccnc65)nc2c43)cc1. The van der Waals surface area contributed by atoms with Crippen molar-refractivity contribution in [3.63, 3.8) is 0 Å². The van der Waals surface area contributed by atoms with Crippen LogP contribution in [0.1, 0.15) is 137 Å². The van der Waals surface area contributed by atoms with Crippen LogP contribution in [0.5, 0.6) is 0 Å². The molecular formula is C63H65BN6S. The maximum atomic E-state index is 5.98. The Bertz CT molecular complexity index is 3640. The third-order valence-electron chi connectivity index (χ3n) is 17.4. The number of rotatable bonds is 3. The Morgan fingerprint density at radius 3 is 1.92 bits per heavy atom. The summed E-state index contributed by atoms with van der Waals surface area (Å²) in [6, 6.07) is 42.2. The average molecular weight is 949 g/mol. The highest BCUT2D eigenvalue weighted by atomic mass is 32.1. The third kappa shape index (κ3) is 6.41. The quantitative estimate of drug-likeness (QED) is 0.165. The molecule has 8 heteroatoms. The lowest BCUT2D eigenvalue weighted by Gasteiger charge is -2.43. The van der Waals surface area contributed by atoms with Gasteiger partial charge in [0.2, 0.25) is 0 Å². The van der Waals surface area contributed by atoms with Crippen molar-refractivity contribution >= 4 is 100 Å². The molecule has 1 saturated carbocycles. The molecule has 7 heterocycles. The number of anilines is 6. The largest absolute Gasteiger partial charge is 0.310 e. The topological polar surface area (TPSA) is 50.1 Å². The van der Waals surface area contributed by atoms with E-state index in [0.717, 1.165) is 50.8 Å². The van der Waals surface area contributed by atoms with E-state index >= 15 is 0 Å². The van der Waals surface area contributed by atoms with E-state index in [4.69, 9.17) is 15.0 Å². The Balaban J connectivity index is 1.19. The second kappa shape index (κ2) is 14.9. The Morgan fingerprint density at radius 1 is 0.606 bits per heavy atom. The zero-order valence-corrected chi connectivity index (χ0v) is 44.4. The first kappa shape index (κ1) is 44.7. The van der Waals surface area contributed by atoms with Crippen LogP contribution in [0.15, 0.2) is 122 Å². The third-order valence-corrected chi connectivity index (χ3v) is 18.6. The maximum absolute atomic E-state index is 5.98. The van der Waals surface area contributed by atoms with E-state index in [1.807, 2.05) is 35.9 Å². The highest BCUT2D eigenvalue weighted by Crippen LogP contribution is 2.61. The van der Waals surface area contributed by atoms with Crippen LogP contribution in [0.4, 0.5) is 34.3 Å². The van der Waals surface area contributed by atoms with Gasteiger partial charge in [0, 0.05) is 66.8 Å². The molecule has 5 aromatic heterocycles. The predicted octanol–water partition coefficient (Wildman–Crippen LogP) is 14.9. The van der Waals surface area contributed by atoms with Crippen LogP contribution in [-0.2, 0) is 27.1 Å². The van der Waals surface area contributed by atoms with Crippen molar-refractivity contribution in [2.24, 2.45) is 5.92 Å². The number of pyridine rings is 3. The summed E-state index contributed by atoms with van der Waals surface area (Å²) in [6.07, 6.45) is 8.88. The van der Waals surface area contributed by atoms with Gasteiger partial charge in [0.15, 0.2) is 0 Å². The van der Waals surface area contributed by atoms with Crippen molar-refractivity contribution in [3.8, 4) is 5.82 Å². The summed E-state index contributed by atoms with van der Waals surface area (Å²) in [6.45, 7) is 28.5. The number of nitrogens with zero attached hydrogens (tertiary/aromatic N) is 6. The van der Waals surface area contributed by atoms with Gasteiger partial charge in [0.25, 0.3) is 6.71 Å². The number of aromatic nitrogens is 4. The molecule has 2 aliphatic heterocycles. The fourth-order valence-electron chi connectivity index (χ4n) is 13.6. The van der Waals surface area contributed by atoms with Gasteiger partial charge in [0.05, 0.1) is 5.69 Å². The molecule has 4 aromatic carbocycles. The zero-order chi connectivity index (χ0) is 49.3. The summed E-state index contributed by atoms with van der Waals surface area (Å²) in [7, 11) is 0. The summed E-state index contributed by atoms with van der Waals surface area (Å²) in [4.78, 5) is 21.3. The van der Waals surface area contributed by atoms with Crippen molar-refractivity contribution in [1.29, 1.82) is 0 Å². The highest BCUT2D eigenvalue weighted by Gasteiger charge is 2.54. The fraction of sp³-hybridized carbons (Fsp3) is 0.349. The minimum atomic E-state index is -0.0753. The van der Waals surface area contributed by atoms with Crippen molar-refractivity contribution < 1.29 is 0 Å². The lowest BCUT2D eigenvalue weighted by molar-refractivity contribution is 0.157. The van der Waals surface area contributed by atoms with Gasteiger partial charge >= 0.3 is 0 Å². The summed E-state index contributed by atoms with van der Waals surface area (Å²) in [5.41, 5.74) is 17.3. The van der Waals surface area contributed by atoms with Gasteiger partial charge in [-0.2, -0.15) is 0 Å². The number of thiophene rings is 1. The molecule has 71 heavy (non-hydrogen) atoms. The molecule has 0 saturated heterocycles. The van der Waals surface area contributed by atoms with Crippen LogP contribution < -0.4 is 25.5 Å². The Labute approximate surface area is 424 Å². The molecule has 1 fully saturated rings. The molecule has 2 aliphatic carbocycles. The Kier molecular flexibility index (Phi) is 9.38. The summed E-state index contributed by atoms with van der Waals surface area (Å²) in [5.74, 6) is 2.34. The lowest BCUT2D eigenvalue weighted by Crippen LogP contribution is -2.61. The first-order valence-electron chi connectivity index (χ1n) is 26.1. The summed E-state index contributed by atoms with van der Waals surface area (Å²) in [5, 5.41) is 3.43. The first-order valence-corrected chi connectivity index (χ1v) is 26.9. The second-order valence-electron chi connectivity index (χ2n) is 25.2. The van der Waals surface area contributed by atoms with Crippen molar-refractivity contribution in [2.45, 2.75) is 136 Å². The van der Waals surface area contributed by atoms with Crippen LogP contribution in [0.2, 0.25) is 0 Å². The van der Waals surface area contributed by atoms with Crippen molar-refractivity contribution in [2.75, 3.05) is 9.80 Å². The standard InChI is InChI=1S/C63H65BN6S/c1-59(2,3)37-20-24-40(25-21-37)69-48-28-22-39(61(7,8)9)34-47(48)64-53-49(36-52(67-58(53)69)70-56-42(17-15-31-65-56)43-18-16-32-66-57(43)70)68(54-44-33-38(60(4,5)6)23-29-50(44)71-55(54)64)41-26-27-45-46(35-41)63(12)30-14-13-19-51(63)62(45,10)11/h15-18,20-29,31-36,51H,13-14,19,30H2,1-12H3. The molecule has 0 amide bonds. The van der Waals surface area contributed by atoms with Crippen molar-refractivity contribution in [1.82, 2.24) is 19.5 Å². The van der Waals surface area contributed by atoms with Crippen molar-refractivity contribution in [3.05, 3.63) is 149 Å². The first-order chi connectivity index (χ1) is 33.7. The van der Waals surface area contributed by atoms with E-state index in [-0.39, 0.29) is 33.8 Å². The van der Waals surface area contributed by atoms with E-state index in [1.165, 1.54) is 90.7 Å². The Morgan fingerprint density at radius 2 is 1.24 bits per heavy atom. The van der Waals surface area contributed by atoms with Gasteiger partial charge in [-0.05, 0) is 151 Å². The monoisotopic (exact) mass is 949 g/mol. The second-order valence-corrected chi connectivity index (χ2v) is 26.3. The molecule has 0 N–H and O–H groups in total. The minimum Gasteiger partial charge on any atom is -0.310 e. The molecular weight excluding hydrogens is 884 g/mol. The number of hydrogen-bond acceptors (Lipinski definition) is 6. The summed E-state index contributed by atoms with van der Waals surface area (Å²) < 4.78 is 4.89. The van der Waals surface area contributed by atoms with Crippen LogP contribution >= 0.6 is 11.3 Å². The number of hydrogen-bond donors (Lipinski definition) is 0. The highest BCUT2D eigenvalue weighted by molar-refractivity contribution is 7.33. The Hall–Kier alpha value is -6.25. The van der Waals surface area contributed by atoms with Gasteiger partial charge in [-0.25, -0.2) is 15.0 Å². The lowest BCUT2D eigenvalue weighted by atomic mass is 9.36. The normalized spacial score (nSPS) is 19.3. The zero-order valence-electron chi connectivity index (χ0n) is 43.6. The van der Waals surface area contributed by atoms with Crippen LogP contribution in [0, 0.1) is 5.92 Å². The minimum absolute atomic E-state index is 0.00360. The fourth-order valence-corrected chi connectivity index (χ4v) is 14.9. The molecule has 4 aliphatic rings. The maximum Gasteiger partial charge on any atom is 0.266 e. The molecule has 13 rings (SSSR count). The van der Waals surface area contributed by atoms with Crippen LogP contribution in [0.25, 0.3) is 38.0 Å². The van der Waals surface area contributed by atoms with E-state index in [1.54, 1.807) is 0 Å². The number of fused-ring (bicyclic) bond motifs is 12. The smallest absolute Gasteiger partial charge is 0.266 e. The van der Waals surface area contributed by atoms with Gasteiger partial charge in [-0.3, -0.25) is 9.47 Å². The molecule has 9 aromatic rings. The molecule has 356 valence electrons. The van der Waals surface area contributed by atoms with Gasteiger partial charge < -0.3 is 4.90 Å².